The summed E-state index contributed by atoms with van der Waals surface area (Å²) >= 11 is 6.37. The van der Waals surface area contributed by atoms with Gasteiger partial charge in [0.2, 0.25) is 0 Å². The van der Waals surface area contributed by atoms with Crippen molar-refractivity contribution in [2.24, 2.45) is 0 Å². The lowest BCUT2D eigenvalue weighted by atomic mass is 10.00. The van der Waals surface area contributed by atoms with Gasteiger partial charge in [0.05, 0.1) is 23.4 Å². The molecule has 1 fully saturated rings. The molecule has 0 amide bonds. The molecule has 1 saturated heterocycles. The number of anilines is 1. The molecule has 100 valence electrons. The van der Waals surface area contributed by atoms with Crippen LogP contribution < -0.4 is 10.2 Å². The molecule has 1 heterocycles. The standard InChI is InChI=1S/C14H21ClN2O/c1-16-9-11-5-4-7-13(15)14(11)17-8-3-2-6-12(17)10-18/h4-5,7,12,16,18H,2-3,6,8-10H2,1H3. The summed E-state index contributed by atoms with van der Waals surface area (Å²) < 4.78 is 0. The van der Waals surface area contributed by atoms with Crippen LogP contribution in [0.1, 0.15) is 24.8 Å². The Kier molecular flexibility index (Phi) is 4.87. The van der Waals surface area contributed by atoms with Crippen LogP contribution in [0.3, 0.4) is 0 Å². The van der Waals surface area contributed by atoms with Crippen molar-refractivity contribution < 1.29 is 5.11 Å². The second kappa shape index (κ2) is 6.41. The van der Waals surface area contributed by atoms with Gasteiger partial charge in [-0.1, -0.05) is 23.7 Å². The minimum atomic E-state index is 0.199. The van der Waals surface area contributed by atoms with Gasteiger partial charge in [-0.2, -0.15) is 0 Å². The van der Waals surface area contributed by atoms with Gasteiger partial charge in [0.15, 0.2) is 0 Å². The maximum atomic E-state index is 9.53. The van der Waals surface area contributed by atoms with Crippen LogP contribution >= 0.6 is 11.6 Å². The Labute approximate surface area is 114 Å². The van der Waals surface area contributed by atoms with Gasteiger partial charge in [-0.05, 0) is 37.9 Å². The molecular weight excluding hydrogens is 248 g/mol. The molecule has 1 aromatic carbocycles. The molecule has 0 saturated carbocycles. The van der Waals surface area contributed by atoms with Crippen molar-refractivity contribution in [3.8, 4) is 0 Å². The summed E-state index contributed by atoms with van der Waals surface area (Å²) in [4.78, 5) is 2.28. The van der Waals surface area contributed by atoms with Crippen molar-refractivity contribution in [2.75, 3.05) is 25.1 Å². The fourth-order valence-corrected chi connectivity index (χ4v) is 3.00. The summed E-state index contributed by atoms with van der Waals surface area (Å²) in [5.41, 5.74) is 2.29. The molecule has 1 aliphatic rings. The average molecular weight is 269 g/mol. The molecule has 2 N–H and O–H groups in total. The highest BCUT2D eigenvalue weighted by Gasteiger charge is 2.25. The first-order valence-electron chi connectivity index (χ1n) is 6.57. The molecular formula is C14H21ClN2O. The molecule has 4 heteroatoms. The van der Waals surface area contributed by atoms with E-state index in [4.69, 9.17) is 11.6 Å². The third kappa shape index (κ3) is 2.79. The zero-order valence-electron chi connectivity index (χ0n) is 10.8. The Morgan fingerprint density at radius 3 is 3.00 bits per heavy atom. The highest BCUT2D eigenvalue weighted by atomic mass is 35.5. The van der Waals surface area contributed by atoms with Crippen molar-refractivity contribution >= 4 is 17.3 Å². The predicted octanol–water partition coefficient (Wildman–Crippen LogP) is 2.41. The molecule has 0 aromatic heterocycles. The second-order valence-electron chi connectivity index (χ2n) is 4.80. The van der Waals surface area contributed by atoms with Gasteiger partial charge < -0.3 is 15.3 Å². The monoisotopic (exact) mass is 268 g/mol. The second-order valence-corrected chi connectivity index (χ2v) is 5.21. The number of aliphatic hydroxyl groups excluding tert-OH is 1. The van der Waals surface area contributed by atoms with Gasteiger partial charge in [0.25, 0.3) is 0 Å². The van der Waals surface area contributed by atoms with E-state index in [-0.39, 0.29) is 12.6 Å². The Balaban J connectivity index is 2.35. The summed E-state index contributed by atoms with van der Waals surface area (Å²) in [7, 11) is 1.93. The van der Waals surface area contributed by atoms with E-state index in [1.807, 2.05) is 19.2 Å². The van der Waals surface area contributed by atoms with Crippen LogP contribution in [-0.4, -0.2) is 31.3 Å². The van der Waals surface area contributed by atoms with Crippen LogP contribution in [0.25, 0.3) is 0 Å². The van der Waals surface area contributed by atoms with Gasteiger partial charge in [-0.3, -0.25) is 0 Å². The van der Waals surface area contributed by atoms with E-state index in [0.29, 0.717) is 0 Å². The molecule has 1 aliphatic heterocycles. The predicted molar refractivity (Wildman–Crippen MR) is 76.3 cm³/mol. The number of piperidine rings is 1. The Hall–Kier alpha value is -0.770. The van der Waals surface area contributed by atoms with Crippen molar-refractivity contribution in [1.29, 1.82) is 0 Å². The summed E-state index contributed by atoms with van der Waals surface area (Å²) in [6.07, 6.45) is 3.40. The summed E-state index contributed by atoms with van der Waals surface area (Å²) in [5, 5.41) is 13.5. The quantitative estimate of drug-likeness (QED) is 0.880. The lowest BCUT2D eigenvalue weighted by Crippen LogP contribution is -2.42. The van der Waals surface area contributed by atoms with Crippen molar-refractivity contribution in [2.45, 2.75) is 31.8 Å². The highest BCUT2D eigenvalue weighted by molar-refractivity contribution is 6.33. The van der Waals surface area contributed by atoms with Gasteiger partial charge in [-0.15, -0.1) is 0 Å². The summed E-state index contributed by atoms with van der Waals surface area (Å²) in [5.74, 6) is 0. The SMILES string of the molecule is CNCc1cccc(Cl)c1N1CCCCC1CO. The number of hydrogen-bond donors (Lipinski definition) is 2. The van der Waals surface area contributed by atoms with E-state index in [1.54, 1.807) is 0 Å². The normalized spacial score (nSPS) is 20.2. The number of para-hydroxylation sites is 1. The lowest BCUT2D eigenvalue weighted by molar-refractivity contribution is 0.240. The Morgan fingerprint density at radius 1 is 1.44 bits per heavy atom. The molecule has 0 aliphatic carbocycles. The zero-order valence-corrected chi connectivity index (χ0v) is 11.6. The van der Waals surface area contributed by atoms with Crippen LogP contribution in [0.4, 0.5) is 5.69 Å². The first-order chi connectivity index (χ1) is 8.77. The minimum absolute atomic E-state index is 0.199. The maximum absolute atomic E-state index is 9.53. The van der Waals surface area contributed by atoms with Crippen molar-refractivity contribution in [1.82, 2.24) is 5.32 Å². The fourth-order valence-electron chi connectivity index (χ4n) is 2.70. The summed E-state index contributed by atoms with van der Waals surface area (Å²) in [6, 6.07) is 6.21. The van der Waals surface area contributed by atoms with E-state index < -0.39 is 0 Å². The third-order valence-corrected chi connectivity index (χ3v) is 3.87. The minimum Gasteiger partial charge on any atom is -0.394 e. The van der Waals surface area contributed by atoms with Gasteiger partial charge in [0.1, 0.15) is 0 Å². The largest absolute Gasteiger partial charge is 0.394 e. The van der Waals surface area contributed by atoms with E-state index in [1.165, 1.54) is 18.4 Å². The number of nitrogens with one attached hydrogen (secondary N) is 1. The molecule has 0 spiro atoms. The van der Waals surface area contributed by atoms with Gasteiger partial charge in [0, 0.05) is 13.1 Å². The molecule has 3 nitrogen and oxygen atoms in total. The van der Waals surface area contributed by atoms with Crippen LogP contribution in [-0.2, 0) is 6.54 Å². The zero-order chi connectivity index (χ0) is 13.0. The number of benzene rings is 1. The number of nitrogens with zero attached hydrogens (tertiary/aromatic N) is 1. The van der Waals surface area contributed by atoms with E-state index in [9.17, 15) is 5.11 Å². The first-order valence-corrected chi connectivity index (χ1v) is 6.95. The van der Waals surface area contributed by atoms with E-state index in [0.717, 1.165) is 30.2 Å². The van der Waals surface area contributed by atoms with Gasteiger partial charge in [-0.25, -0.2) is 0 Å². The van der Waals surface area contributed by atoms with E-state index in [2.05, 4.69) is 16.3 Å². The molecule has 1 atom stereocenters. The van der Waals surface area contributed by atoms with Crippen LogP contribution in [0.5, 0.6) is 0 Å². The average Bonchev–Trinajstić information content (AvgIpc) is 2.39. The Bertz CT molecular complexity index is 397. The topological polar surface area (TPSA) is 35.5 Å². The highest BCUT2D eigenvalue weighted by Crippen LogP contribution is 2.34. The maximum Gasteiger partial charge on any atom is 0.0643 e. The van der Waals surface area contributed by atoms with Crippen LogP contribution in [0.2, 0.25) is 5.02 Å². The Morgan fingerprint density at radius 2 is 2.28 bits per heavy atom. The first kappa shape index (κ1) is 13.7. The van der Waals surface area contributed by atoms with Gasteiger partial charge >= 0.3 is 0 Å². The molecule has 0 radical (unpaired) electrons. The molecule has 1 aromatic rings. The number of rotatable bonds is 4. The molecule has 2 rings (SSSR count). The lowest BCUT2D eigenvalue weighted by Gasteiger charge is -2.38. The summed E-state index contributed by atoms with van der Waals surface area (Å²) in [6.45, 7) is 1.97. The molecule has 0 bridgehead atoms. The van der Waals surface area contributed by atoms with Crippen LogP contribution in [0.15, 0.2) is 18.2 Å². The van der Waals surface area contributed by atoms with E-state index >= 15 is 0 Å². The number of aliphatic hydroxyl groups is 1. The van der Waals surface area contributed by atoms with Crippen molar-refractivity contribution in [3.63, 3.8) is 0 Å². The smallest absolute Gasteiger partial charge is 0.0643 e. The molecule has 18 heavy (non-hydrogen) atoms. The van der Waals surface area contributed by atoms with Crippen LogP contribution in [0, 0.1) is 0 Å². The molecule has 1 unspecified atom stereocenters. The number of hydrogen-bond acceptors (Lipinski definition) is 3. The third-order valence-electron chi connectivity index (χ3n) is 3.56. The van der Waals surface area contributed by atoms with Crippen molar-refractivity contribution in [3.05, 3.63) is 28.8 Å². The number of halogens is 1. The fraction of sp³-hybridized carbons (Fsp3) is 0.571.